The van der Waals surface area contributed by atoms with E-state index in [-0.39, 0.29) is 0 Å². The van der Waals surface area contributed by atoms with Crippen LogP contribution in [0.15, 0.2) is 76.7 Å². The molecule has 0 atom stereocenters. The fourth-order valence-corrected chi connectivity index (χ4v) is 3.82. The maximum atomic E-state index is 5.91. The van der Waals surface area contributed by atoms with Gasteiger partial charge in [-0.1, -0.05) is 53.7 Å². The summed E-state index contributed by atoms with van der Waals surface area (Å²) in [5, 5.41) is 10.9. The highest BCUT2D eigenvalue weighted by Gasteiger charge is 2.10. The maximum absolute atomic E-state index is 5.91. The molecule has 0 bridgehead atoms. The zero-order chi connectivity index (χ0) is 17.8. The smallest absolute Gasteiger partial charge is 0.164 e. The first-order valence-electron chi connectivity index (χ1n) is 7.90. The first-order chi connectivity index (χ1) is 12.8. The van der Waals surface area contributed by atoms with Gasteiger partial charge in [0.05, 0.1) is 0 Å². The zero-order valence-electron chi connectivity index (χ0n) is 13.5. The van der Waals surface area contributed by atoms with Gasteiger partial charge in [-0.2, -0.15) is 4.37 Å². The van der Waals surface area contributed by atoms with Crippen molar-refractivity contribution in [3.05, 3.63) is 83.1 Å². The molecular formula is C19H13ClN4S2. The van der Waals surface area contributed by atoms with E-state index in [1.807, 2.05) is 54.6 Å². The SMILES string of the molecule is Clc1ccc(Sc2ccc(-c3nc(Cc4ccccc4)ns3)nn2)cc1. The Morgan fingerprint density at radius 1 is 0.885 bits per heavy atom. The van der Waals surface area contributed by atoms with E-state index < -0.39 is 0 Å². The largest absolute Gasteiger partial charge is 0.217 e. The molecule has 0 saturated carbocycles. The Labute approximate surface area is 164 Å². The van der Waals surface area contributed by atoms with E-state index in [2.05, 4.69) is 31.7 Å². The van der Waals surface area contributed by atoms with Crippen LogP contribution in [0, 0.1) is 0 Å². The number of rotatable bonds is 5. The lowest BCUT2D eigenvalue weighted by molar-refractivity contribution is 0.931. The van der Waals surface area contributed by atoms with Gasteiger partial charge in [0, 0.05) is 16.3 Å². The van der Waals surface area contributed by atoms with Crippen LogP contribution < -0.4 is 0 Å². The van der Waals surface area contributed by atoms with Crippen LogP contribution in [0.2, 0.25) is 5.02 Å². The van der Waals surface area contributed by atoms with Crippen molar-refractivity contribution in [2.75, 3.05) is 0 Å². The van der Waals surface area contributed by atoms with Crippen LogP contribution >= 0.6 is 34.9 Å². The number of benzene rings is 2. The minimum Gasteiger partial charge on any atom is -0.217 e. The molecule has 0 radical (unpaired) electrons. The van der Waals surface area contributed by atoms with Gasteiger partial charge in [-0.05, 0) is 53.5 Å². The molecule has 128 valence electrons. The van der Waals surface area contributed by atoms with E-state index in [0.29, 0.717) is 0 Å². The van der Waals surface area contributed by atoms with Gasteiger partial charge in [-0.3, -0.25) is 0 Å². The summed E-state index contributed by atoms with van der Waals surface area (Å²) >= 11 is 8.80. The summed E-state index contributed by atoms with van der Waals surface area (Å²) < 4.78 is 4.43. The van der Waals surface area contributed by atoms with Crippen LogP contribution in [-0.2, 0) is 6.42 Å². The maximum Gasteiger partial charge on any atom is 0.164 e. The van der Waals surface area contributed by atoms with Crippen molar-refractivity contribution < 1.29 is 0 Å². The molecule has 0 amide bonds. The average molecular weight is 397 g/mol. The van der Waals surface area contributed by atoms with Crippen molar-refractivity contribution in [2.24, 2.45) is 0 Å². The van der Waals surface area contributed by atoms with Crippen LogP contribution in [-0.4, -0.2) is 19.6 Å². The summed E-state index contributed by atoms with van der Waals surface area (Å²) in [7, 11) is 0. The molecule has 2 heterocycles. The van der Waals surface area contributed by atoms with Gasteiger partial charge >= 0.3 is 0 Å². The first-order valence-corrected chi connectivity index (χ1v) is 9.87. The van der Waals surface area contributed by atoms with Gasteiger partial charge < -0.3 is 0 Å². The molecule has 7 heteroatoms. The molecule has 4 rings (SSSR count). The summed E-state index contributed by atoms with van der Waals surface area (Å²) in [6.45, 7) is 0. The van der Waals surface area contributed by atoms with Crippen LogP contribution in [0.4, 0.5) is 0 Å². The standard InChI is InChI=1S/C19H13ClN4S2/c20-14-6-8-15(9-7-14)25-18-11-10-16(22-23-18)19-21-17(24-26-19)12-13-4-2-1-3-5-13/h1-11H,12H2. The fourth-order valence-electron chi connectivity index (χ4n) is 2.32. The zero-order valence-corrected chi connectivity index (χ0v) is 15.9. The molecule has 0 aliphatic rings. The van der Waals surface area contributed by atoms with Crippen LogP contribution in [0.25, 0.3) is 10.7 Å². The number of nitrogens with zero attached hydrogens (tertiary/aromatic N) is 4. The third-order valence-electron chi connectivity index (χ3n) is 3.57. The molecule has 26 heavy (non-hydrogen) atoms. The van der Waals surface area contributed by atoms with E-state index in [1.165, 1.54) is 17.1 Å². The Kier molecular flexibility index (Phi) is 5.24. The van der Waals surface area contributed by atoms with Crippen molar-refractivity contribution in [3.8, 4) is 10.7 Å². The Hall–Kier alpha value is -2.28. The first kappa shape index (κ1) is 17.1. The quantitative estimate of drug-likeness (QED) is 0.452. The monoisotopic (exact) mass is 396 g/mol. The molecule has 0 spiro atoms. The third kappa shape index (κ3) is 4.27. The van der Waals surface area contributed by atoms with Crippen LogP contribution in [0.3, 0.4) is 0 Å². The van der Waals surface area contributed by atoms with E-state index in [0.717, 1.165) is 37.9 Å². The van der Waals surface area contributed by atoms with Crippen LogP contribution in [0.5, 0.6) is 0 Å². The number of halogens is 1. The second kappa shape index (κ2) is 7.95. The van der Waals surface area contributed by atoms with Crippen molar-refractivity contribution in [1.82, 2.24) is 19.6 Å². The Bertz CT molecular complexity index is 986. The minimum atomic E-state index is 0.718. The molecule has 0 aliphatic heterocycles. The van der Waals surface area contributed by atoms with Gasteiger partial charge in [0.2, 0.25) is 0 Å². The molecular weight excluding hydrogens is 384 g/mol. The lowest BCUT2D eigenvalue weighted by Crippen LogP contribution is -1.92. The summed E-state index contributed by atoms with van der Waals surface area (Å²) in [6.07, 6.45) is 0.718. The second-order valence-corrected chi connectivity index (χ2v) is 7.77. The molecule has 0 aliphatic carbocycles. The van der Waals surface area contributed by atoms with Gasteiger partial charge in [0.25, 0.3) is 0 Å². The molecule has 0 unspecified atom stereocenters. The van der Waals surface area contributed by atoms with Crippen molar-refractivity contribution >= 4 is 34.9 Å². The van der Waals surface area contributed by atoms with Crippen molar-refractivity contribution in [2.45, 2.75) is 16.3 Å². The Morgan fingerprint density at radius 2 is 1.69 bits per heavy atom. The van der Waals surface area contributed by atoms with E-state index in [9.17, 15) is 0 Å². The van der Waals surface area contributed by atoms with Crippen LogP contribution in [0.1, 0.15) is 11.4 Å². The topological polar surface area (TPSA) is 51.6 Å². The molecule has 2 aromatic carbocycles. The highest BCUT2D eigenvalue weighted by molar-refractivity contribution is 7.99. The second-order valence-electron chi connectivity index (χ2n) is 5.49. The lowest BCUT2D eigenvalue weighted by Gasteiger charge is -2.01. The number of hydrogen-bond donors (Lipinski definition) is 0. The predicted molar refractivity (Wildman–Crippen MR) is 106 cm³/mol. The molecule has 0 N–H and O–H groups in total. The molecule has 2 aromatic heterocycles. The third-order valence-corrected chi connectivity index (χ3v) is 5.53. The molecule has 4 nitrogen and oxygen atoms in total. The highest BCUT2D eigenvalue weighted by atomic mass is 35.5. The van der Waals surface area contributed by atoms with E-state index in [1.54, 1.807) is 11.8 Å². The van der Waals surface area contributed by atoms with Gasteiger partial charge in [-0.15, -0.1) is 10.2 Å². The van der Waals surface area contributed by atoms with E-state index in [4.69, 9.17) is 11.6 Å². The number of aromatic nitrogens is 4. The average Bonchev–Trinajstić information content (AvgIpc) is 3.13. The van der Waals surface area contributed by atoms with E-state index >= 15 is 0 Å². The summed E-state index contributed by atoms with van der Waals surface area (Å²) in [5.74, 6) is 0.803. The van der Waals surface area contributed by atoms with Gasteiger partial charge in [0.1, 0.15) is 16.5 Å². The molecule has 0 fully saturated rings. The van der Waals surface area contributed by atoms with Crippen molar-refractivity contribution in [1.29, 1.82) is 0 Å². The highest BCUT2D eigenvalue weighted by Crippen LogP contribution is 2.28. The fraction of sp³-hybridized carbons (Fsp3) is 0.0526. The van der Waals surface area contributed by atoms with Crippen molar-refractivity contribution in [3.63, 3.8) is 0 Å². The lowest BCUT2D eigenvalue weighted by atomic mass is 10.1. The van der Waals surface area contributed by atoms with Gasteiger partial charge in [0.15, 0.2) is 5.01 Å². The Balaban J connectivity index is 1.46. The molecule has 4 aromatic rings. The summed E-state index contributed by atoms with van der Waals surface area (Å²) in [4.78, 5) is 5.65. The summed E-state index contributed by atoms with van der Waals surface area (Å²) in [6, 6.07) is 21.7. The normalized spacial score (nSPS) is 10.8. The molecule has 0 saturated heterocycles. The minimum absolute atomic E-state index is 0.718. The van der Waals surface area contributed by atoms with Gasteiger partial charge in [-0.25, -0.2) is 4.98 Å². The number of hydrogen-bond acceptors (Lipinski definition) is 6. The summed E-state index contributed by atoms with van der Waals surface area (Å²) in [5.41, 5.74) is 1.93. The Morgan fingerprint density at radius 3 is 2.42 bits per heavy atom. The predicted octanol–water partition coefficient (Wildman–Crippen LogP) is 5.39.